The third-order valence-corrected chi connectivity index (χ3v) is 5.94. The molecule has 3 aromatic carbocycles. The zero-order chi connectivity index (χ0) is 23.7. The molecule has 1 aliphatic rings. The van der Waals surface area contributed by atoms with Gasteiger partial charge in [0, 0.05) is 5.70 Å². The van der Waals surface area contributed by atoms with Gasteiger partial charge >= 0.3 is 0 Å². The minimum Gasteiger partial charge on any atom is -0.495 e. The van der Waals surface area contributed by atoms with Crippen molar-refractivity contribution in [1.29, 1.82) is 0 Å². The highest BCUT2D eigenvalue weighted by molar-refractivity contribution is 6.07. The third-order valence-electron chi connectivity index (χ3n) is 5.94. The summed E-state index contributed by atoms with van der Waals surface area (Å²) in [7, 11) is 1.59. The molecule has 34 heavy (non-hydrogen) atoms. The van der Waals surface area contributed by atoms with E-state index in [2.05, 4.69) is 15.2 Å². The van der Waals surface area contributed by atoms with Crippen LogP contribution in [0.5, 0.6) is 11.5 Å². The maximum atomic E-state index is 13.7. The summed E-state index contributed by atoms with van der Waals surface area (Å²) < 4.78 is 13.1. The number of anilines is 2. The maximum Gasteiger partial charge on any atom is 0.255 e. The van der Waals surface area contributed by atoms with Crippen molar-refractivity contribution in [2.45, 2.75) is 19.9 Å². The van der Waals surface area contributed by atoms with Gasteiger partial charge in [0.1, 0.15) is 11.5 Å². The van der Waals surface area contributed by atoms with Crippen LogP contribution >= 0.6 is 0 Å². The van der Waals surface area contributed by atoms with Crippen molar-refractivity contribution in [1.82, 2.24) is 9.55 Å². The molecule has 1 aliphatic heterocycles. The summed E-state index contributed by atoms with van der Waals surface area (Å²) in [6.45, 7) is 4.45. The van der Waals surface area contributed by atoms with Crippen LogP contribution < -0.4 is 20.1 Å². The van der Waals surface area contributed by atoms with Crippen molar-refractivity contribution in [3.8, 4) is 11.5 Å². The Labute approximate surface area is 198 Å². The smallest absolute Gasteiger partial charge is 0.255 e. The summed E-state index contributed by atoms with van der Waals surface area (Å²) in [4.78, 5) is 18.5. The first-order valence-corrected chi connectivity index (χ1v) is 11.2. The molecule has 2 N–H and O–H groups in total. The van der Waals surface area contributed by atoms with Gasteiger partial charge in [-0.2, -0.15) is 0 Å². The second kappa shape index (κ2) is 8.94. The summed E-state index contributed by atoms with van der Waals surface area (Å²) in [5.74, 6) is 1.88. The second-order valence-corrected chi connectivity index (χ2v) is 8.02. The van der Waals surface area contributed by atoms with E-state index in [1.54, 1.807) is 7.11 Å². The highest BCUT2D eigenvalue weighted by Gasteiger charge is 2.34. The number of carbonyl (C=O) groups is 1. The van der Waals surface area contributed by atoms with Gasteiger partial charge in [0.2, 0.25) is 5.95 Å². The lowest BCUT2D eigenvalue weighted by atomic mass is 9.94. The van der Waals surface area contributed by atoms with E-state index in [-0.39, 0.29) is 11.9 Å². The van der Waals surface area contributed by atoms with E-state index in [9.17, 15) is 4.79 Å². The van der Waals surface area contributed by atoms with E-state index in [0.29, 0.717) is 29.6 Å². The number of hydrogen-bond donors (Lipinski definition) is 2. The van der Waals surface area contributed by atoms with Crippen LogP contribution in [0, 0.1) is 0 Å². The molecule has 7 heteroatoms. The van der Waals surface area contributed by atoms with Crippen LogP contribution in [-0.2, 0) is 4.79 Å². The van der Waals surface area contributed by atoms with Crippen molar-refractivity contribution >= 4 is 28.6 Å². The summed E-state index contributed by atoms with van der Waals surface area (Å²) in [5.41, 5.74) is 4.72. The van der Waals surface area contributed by atoms with E-state index < -0.39 is 0 Å². The minimum atomic E-state index is -0.381. The first-order chi connectivity index (χ1) is 16.6. The maximum absolute atomic E-state index is 13.7. The van der Waals surface area contributed by atoms with Gasteiger partial charge in [-0.05, 0) is 55.8 Å². The standard InChI is InChI=1S/C27H26N4O3/c1-4-34-19-15-13-18(14-16-19)25-24(26(32)29-21-10-6-8-12-23(21)33-3)17(2)28-27-30-20-9-5-7-11-22(20)31(25)27/h5-16,25H,4H2,1-3H3,(H,28,30)(H,29,32)/t25-/m0/s1. The van der Waals surface area contributed by atoms with Gasteiger partial charge in [0.15, 0.2) is 0 Å². The van der Waals surface area contributed by atoms with Gasteiger partial charge in [0.05, 0.1) is 42.1 Å². The molecule has 1 atom stereocenters. The van der Waals surface area contributed by atoms with Crippen LogP contribution in [0.15, 0.2) is 84.1 Å². The summed E-state index contributed by atoms with van der Waals surface area (Å²) >= 11 is 0. The number of hydrogen-bond acceptors (Lipinski definition) is 5. The zero-order valence-corrected chi connectivity index (χ0v) is 19.3. The molecule has 0 aliphatic carbocycles. The topological polar surface area (TPSA) is 77.4 Å². The number of rotatable bonds is 6. The number of ether oxygens (including phenoxy) is 2. The normalized spacial score (nSPS) is 15.0. The molecule has 0 unspecified atom stereocenters. The average Bonchev–Trinajstić information content (AvgIpc) is 3.22. The fraction of sp³-hybridized carbons (Fsp3) is 0.185. The Morgan fingerprint density at radius 1 is 1.06 bits per heavy atom. The third kappa shape index (κ3) is 3.75. The molecule has 0 spiro atoms. The van der Waals surface area contributed by atoms with Gasteiger partial charge in [-0.15, -0.1) is 0 Å². The van der Waals surface area contributed by atoms with E-state index in [1.807, 2.05) is 86.6 Å². The summed E-state index contributed by atoms with van der Waals surface area (Å²) in [5, 5.41) is 6.38. The Morgan fingerprint density at radius 3 is 2.56 bits per heavy atom. The van der Waals surface area contributed by atoms with Gasteiger partial charge in [-0.25, -0.2) is 4.98 Å². The SMILES string of the molecule is CCOc1ccc([C@H]2C(C(=O)Nc3ccccc3OC)=C(C)Nc3nc4ccccc4n32)cc1. The number of allylic oxidation sites excluding steroid dienone is 1. The highest BCUT2D eigenvalue weighted by atomic mass is 16.5. The van der Waals surface area contributed by atoms with Crippen LogP contribution in [0.2, 0.25) is 0 Å². The van der Waals surface area contributed by atoms with Crippen molar-refractivity contribution in [3.63, 3.8) is 0 Å². The summed E-state index contributed by atoms with van der Waals surface area (Å²) in [6, 6.07) is 22.8. The summed E-state index contributed by atoms with van der Waals surface area (Å²) in [6.07, 6.45) is 0. The molecule has 5 rings (SSSR count). The lowest BCUT2D eigenvalue weighted by Gasteiger charge is -2.31. The molecule has 2 heterocycles. The molecule has 1 amide bonds. The van der Waals surface area contributed by atoms with Crippen molar-refractivity contribution in [3.05, 3.63) is 89.6 Å². The molecule has 0 saturated carbocycles. The van der Waals surface area contributed by atoms with Crippen molar-refractivity contribution < 1.29 is 14.3 Å². The van der Waals surface area contributed by atoms with E-state index in [4.69, 9.17) is 14.5 Å². The minimum absolute atomic E-state index is 0.211. The van der Waals surface area contributed by atoms with E-state index in [1.165, 1.54) is 0 Å². The molecule has 4 aromatic rings. The quantitative estimate of drug-likeness (QED) is 0.410. The van der Waals surface area contributed by atoms with Crippen LogP contribution in [-0.4, -0.2) is 29.2 Å². The number of amides is 1. The largest absolute Gasteiger partial charge is 0.495 e. The average molecular weight is 455 g/mol. The lowest BCUT2D eigenvalue weighted by Crippen LogP contribution is -2.31. The van der Waals surface area contributed by atoms with Gasteiger partial charge in [0.25, 0.3) is 5.91 Å². The van der Waals surface area contributed by atoms with Crippen LogP contribution in [0.1, 0.15) is 25.5 Å². The monoisotopic (exact) mass is 454 g/mol. The van der Waals surface area contributed by atoms with Gasteiger partial charge in [-0.1, -0.05) is 36.4 Å². The number of methoxy groups -OCH3 is 1. The number of fused-ring (bicyclic) bond motifs is 3. The predicted octanol–water partition coefficient (Wildman–Crippen LogP) is 5.37. The predicted molar refractivity (Wildman–Crippen MR) is 133 cm³/mol. The number of imidazole rings is 1. The lowest BCUT2D eigenvalue weighted by molar-refractivity contribution is -0.113. The number of benzene rings is 3. The number of carbonyl (C=O) groups excluding carboxylic acids is 1. The molecule has 7 nitrogen and oxygen atoms in total. The van der Waals surface area contributed by atoms with Gasteiger partial charge < -0.3 is 20.1 Å². The second-order valence-electron chi connectivity index (χ2n) is 8.02. The number of nitrogens with one attached hydrogen (secondary N) is 2. The first kappa shape index (κ1) is 21.6. The highest BCUT2D eigenvalue weighted by Crippen LogP contribution is 2.40. The number of nitrogens with zero attached hydrogens (tertiary/aromatic N) is 2. The molecule has 0 bridgehead atoms. The molecular formula is C27H26N4O3. The zero-order valence-electron chi connectivity index (χ0n) is 19.3. The molecule has 0 saturated heterocycles. The van der Waals surface area contributed by atoms with Crippen LogP contribution in [0.4, 0.5) is 11.6 Å². The van der Waals surface area contributed by atoms with Crippen molar-refractivity contribution in [2.24, 2.45) is 0 Å². The number of para-hydroxylation sites is 4. The Kier molecular flexibility index (Phi) is 5.67. The number of aromatic nitrogens is 2. The molecule has 1 aromatic heterocycles. The fourth-order valence-electron chi connectivity index (χ4n) is 4.42. The Morgan fingerprint density at radius 2 is 1.79 bits per heavy atom. The van der Waals surface area contributed by atoms with Gasteiger partial charge in [-0.3, -0.25) is 9.36 Å². The van der Waals surface area contributed by atoms with Crippen molar-refractivity contribution in [2.75, 3.05) is 24.4 Å². The molecular weight excluding hydrogens is 428 g/mol. The molecule has 0 fully saturated rings. The Hall–Kier alpha value is -4.26. The Balaban J connectivity index is 1.63. The van der Waals surface area contributed by atoms with E-state index in [0.717, 1.165) is 28.0 Å². The Bertz CT molecular complexity index is 1390. The molecule has 0 radical (unpaired) electrons. The van der Waals surface area contributed by atoms with Crippen LogP contribution in [0.3, 0.4) is 0 Å². The fourth-order valence-corrected chi connectivity index (χ4v) is 4.42. The molecule has 172 valence electrons. The van der Waals surface area contributed by atoms with Crippen LogP contribution in [0.25, 0.3) is 11.0 Å². The first-order valence-electron chi connectivity index (χ1n) is 11.2. The van der Waals surface area contributed by atoms with E-state index >= 15 is 0 Å².